The molecule has 0 bridgehead atoms. The van der Waals surface area contributed by atoms with Gasteiger partial charge in [0, 0.05) is 12.6 Å². The molecule has 1 aromatic carbocycles. The molecule has 0 heterocycles. The number of anilines is 2. The molecule has 2 atom stereocenters. The van der Waals surface area contributed by atoms with E-state index in [0.29, 0.717) is 0 Å². The van der Waals surface area contributed by atoms with Gasteiger partial charge in [-0.2, -0.15) is 0 Å². The Balaban J connectivity index is 1.93. The molecule has 0 saturated heterocycles. The average Bonchev–Trinajstić information content (AvgIpc) is 2.39. The minimum Gasteiger partial charge on any atom is -0.497 e. The third-order valence-electron chi connectivity index (χ3n) is 4.10. The zero-order chi connectivity index (χ0) is 13.0. The van der Waals surface area contributed by atoms with Crippen molar-refractivity contribution in [3.63, 3.8) is 0 Å². The van der Waals surface area contributed by atoms with Crippen LogP contribution in [0.1, 0.15) is 32.6 Å². The van der Waals surface area contributed by atoms with E-state index in [2.05, 4.69) is 12.2 Å². The van der Waals surface area contributed by atoms with Crippen molar-refractivity contribution in [1.82, 2.24) is 0 Å². The van der Waals surface area contributed by atoms with E-state index in [0.717, 1.165) is 35.5 Å². The molecule has 0 aliphatic heterocycles. The highest BCUT2D eigenvalue weighted by Crippen LogP contribution is 2.31. The largest absolute Gasteiger partial charge is 0.497 e. The fraction of sp³-hybridized carbons (Fsp3) is 0.600. The lowest BCUT2D eigenvalue weighted by atomic mass is 9.80. The van der Waals surface area contributed by atoms with E-state index in [1.807, 2.05) is 18.2 Å². The fourth-order valence-corrected chi connectivity index (χ4v) is 2.77. The van der Waals surface area contributed by atoms with Crippen molar-refractivity contribution >= 4 is 11.4 Å². The number of methoxy groups -OCH3 is 1. The van der Waals surface area contributed by atoms with Crippen molar-refractivity contribution < 1.29 is 4.74 Å². The lowest BCUT2D eigenvalue weighted by Gasteiger charge is -2.29. The Labute approximate surface area is 110 Å². The summed E-state index contributed by atoms with van der Waals surface area (Å²) in [6.45, 7) is 3.39. The smallest absolute Gasteiger partial charge is 0.121 e. The minimum atomic E-state index is 0.762. The van der Waals surface area contributed by atoms with Crippen LogP contribution in [0, 0.1) is 11.8 Å². The second kappa shape index (κ2) is 5.98. The second-order valence-electron chi connectivity index (χ2n) is 5.36. The Hall–Kier alpha value is -1.38. The minimum absolute atomic E-state index is 0.762. The van der Waals surface area contributed by atoms with Gasteiger partial charge in [0.05, 0.1) is 18.5 Å². The van der Waals surface area contributed by atoms with E-state index in [4.69, 9.17) is 10.5 Å². The van der Waals surface area contributed by atoms with Crippen LogP contribution < -0.4 is 15.8 Å². The first-order valence-corrected chi connectivity index (χ1v) is 6.88. The maximum absolute atomic E-state index is 6.00. The molecule has 2 unspecified atom stereocenters. The van der Waals surface area contributed by atoms with E-state index >= 15 is 0 Å². The highest BCUT2D eigenvalue weighted by molar-refractivity contribution is 5.68. The molecule has 1 fully saturated rings. The summed E-state index contributed by atoms with van der Waals surface area (Å²) in [5.41, 5.74) is 7.79. The molecule has 0 aromatic heterocycles. The van der Waals surface area contributed by atoms with Crippen LogP contribution in [-0.4, -0.2) is 13.7 Å². The van der Waals surface area contributed by atoms with Crippen molar-refractivity contribution in [1.29, 1.82) is 0 Å². The quantitative estimate of drug-likeness (QED) is 0.801. The molecule has 3 nitrogen and oxygen atoms in total. The molecule has 18 heavy (non-hydrogen) atoms. The van der Waals surface area contributed by atoms with E-state index in [9.17, 15) is 0 Å². The van der Waals surface area contributed by atoms with Gasteiger partial charge in [-0.15, -0.1) is 0 Å². The normalized spacial score (nSPS) is 23.7. The molecule has 1 aliphatic carbocycles. The van der Waals surface area contributed by atoms with Crippen LogP contribution in [0.15, 0.2) is 18.2 Å². The number of nitrogen functional groups attached to an aromatic ring is 1. The van der Waals surface area contributed by atoms with Crippen molar-refractivity contribution in [3.8, 4) is 5.75 Å². The van der Waals surface area contributed by atoms with Crippen LogP contribution in [-0.2, 0) is 0 Å². The third kappa shape index (κ3) is 3.09. The van der Waals surface area contributed by atoms with Crippen molar-refractivity contribution in [2.45, 2.75) is 32.6 Å². The number of rotatable bonds is 4. The average molecular weight is 248 g/mol. The predicted molar refractivity (Wildman–Crippen MR) is 77.0 cm³/mol. The van der Waals surface area contributed by atoms with E-state index in [1.54, 1.807) is 7.11 Å². The summed E-state index contributed by atoms with van der Waals surface area (Å²) in [5, 5.41) is 3.48. The molecule has 0 spiro atoms. The summed E-state index contributed by atoms with van der Waals surface area (Å²) in [6, 6.07) is 5.82. The predicted octanol–water partition coefficient (Wildman–Crippen LogP) is 3.52. The Bertz CT molecular complexity index is 392. The number of hydrogen-bond donors (Lipinski definition) is 2. The first-order chi connectivity index (χ1) is 8.70. The number of nitrogens with one attached hydrogen (secondary N) is 1. The van der Waals surface area contributed by atoms with E-state index in [1.165, 1.54) is 25.7 Å². The second-order valence-corrected chi connectivity index (χ2v) is 5.36. The third-order valence-corrected chi connectivity index (χ3v) is 4.10. The SMILES string of the molecule is COc1ccc(NCC2CCCCC2C)c(N)c1. The van der Waals surface area contributed by atoms with Crippen molar-refractivity contribution in [2.75, 3.05) is 24.7 Å². The standard InChI is InChI=1S/C15H24N2O/c1-11-5-3-4-6-12(11)10-17-15-8-7-13(18-2)9-14(15)16/h7-9,11-12,17H,3-6,10,16H2,1-2H3. The monoisotopic (exact) mass is 248 g/mol. The summed E-state index contributed by atoms with van der Waals surface area (Å²) in [4.78, 5) is 0. The van der Waals surface area contributed by atoms with Gasteiger partial charge >= 0.3 is 0 Å². The molecule has 0 amide bonds. The summed E-state index contributed by atoms with van der Waals surface area (Å²) in [6.07, 6.45) is 5.46. The first-order valence-electron chi connectivity index (χ1n) is 6.88. The molecule has 3 heteroatoms. The molecular weight excluding hydrogens is 224 g/mol. The van der Waals surface area contributed by atoms with Crippen LogP contribution in [0.3, 0.4) is 0 Å². The molecule has 2 rings (SSSR count). The Kier molecular flexibility index (Phi) is 4.34. The van der Waals surface area contributed by atoms with Crippen LogP contribution in [0.4, 0.5) is 11.4 Å². The number of hydrogen-bond acceptors (Lipinski definition) is 3. The van der Waals surface area contributed by atoms with Crippen LogP contribution in [0.5, 0.6) is 5.75 Å². The lowest BCUT2D eigenvalue weighted by Crippen LogP contribution is -2.24. The van der Waals surface area contributed by atoms with Gasteiger partial charge in [-0.3, -0.25) is 0 Å². The molecular formula is C15H24N2O. The van der Waals surface area contributed by atoms with Gasteiger partial charge < -0.3 is 15.8 Å². The van der Waals surface area contributed by atoms with Gasteiger partial charge in [0.15, 0.2) is 0 Å². The van der Waals surface area contributed by atoms with Gasteiger partial charge in [0.1, 0.15) is 5.75 Å². The summed E-state index contributed by atoms with van der Waals surface area (Å²) in [7, 11) is 1.66. The van der Waals surface area contributed by atoms with Gasteiger partial charge in [-0.05, 0) is 30.4 Å². The maximum atomic E-state index is 6.00. The molecule has 1 aliphatic rings. The number of ether oxygens (including phenoxy) is 1. The summed E-state index contributed by atoms with van der Waals surface area (Å²) in [5.74, 6) is 2.41. The Morgan fingerprint density at radius 3 is 2.78 bits per heavy atom. The van der Waals surface area contributed by atoms with Crippen LogP contribution in [0.2, 0.25) is 0 Å². The van der Waals surface area contributed by atoms with Crippen molar-refractivity contribution in [2.24, 2.45) is 11.8 Å². The van der Waals surface area contributed by atoms with Crippen molar-refractivity contribution in [3.05, 3.63) is 18.2 Å². The zero-order valence-electron chi connectivity index (χ0n) is 11.4. The zero-order valence-corrected chi connectivity index (χ0v) is 11.4. The van der Waals surface area contributed by atoms with Gasteiger partial charge in [-0.1, -0.05) is 26.2 Å². The molecule has 1 aromatic rings. The van der Waals surface area contributed by atoms with Gasteiger partial charge in [-0.25, -0.2) is 0 Å². The lowest BCUT2D eigenvalue weighted by molar-refractivity contribution is 0.268. The number of benzene rings is 1. The van der Waals surface area contributed by atoms with E-state index in [-0.39, 0.29) is 0 Å². The van der Waals surface area contributed by atoms with E-state index < -0.39 is 0 Å². The maximum Gasteiger partial charge on any atom is 0.121 e. The first kappa shape index (κ1) is 13.1. The topological polar surface area (TPSA) is 47.3 Å². The fourth-order valence-electron chi connectivity index (χ4n) is 2.77. The number of nitrogens with two attached hydrogens (primary N) is 1. The highest BCUT2D eigenvalue weighted by atomic mass is 16.5. The summed E-state index contributed by atoms with van der Waals surface area (Å²) < 4.78 is 5.15. The molecule has 0 radical (unpaired) electrons. The van der Waals surface area contributed by atoms with Gasteiger partial charge in [0.2, 0.25) is 0 Å². The molecule has 100 valence electrons. The summed E-state index contributed by atoms with van der Waals surface area (Å²) >= 11 is 0. The molecule has 1 saturated carbocycles. The Morgan fingerprint density at radius 1 is 1.33 bits per heavy atom. The molecule has 3 N–H and O–H groups in total. The Morgan fingerprint density at radius 2 is 2.11 bits per heavy atom. The van der Waals surface area contributed by atoms with Gasteiger partial charge in [0.25, 0.3) is 0 Å². The van der Waals surface area contributed by atoms with Crippen LogP contribution in [0.25, 0.3) is 0 Å². The highest BCUT2D eigenvalue weighted by Gasteiger charge is 2.20. The van der Waals surface area contributed by atoms with Crippen LogP contribution >= 0.6 is 0 Å².